The second-order valence-corrected chi connectivity index (χ2v) is 5.80. The van der Waals surface area contributed by atoms with Gasteiger partial charge in [-0.2, -0.15) is 0 Å². The van der Waals surface area contributed by atoms with Crippen molar-refractivity contribution in [2.75, 3.05) is 13.3 Å². The van der Waals surface area contributed by atoms with E-state index in [1.807, 2.05) is 6.07 Å². The Kier molecular flexibility index (Phi) is 3.89. The summed E-state index contributed by atoms with van der Waals surface area (Å²) in [6, 6.07) is 10.3. The second kappa shape index (κ2) is 5.84. The predicted molar refractivity (Wildman–Crippen MR) is 82.1 cm³/mol. The summed E-state index contributed by atoms with van der Waals surface area (Å²) < 4.78 is 11.3. The lowest BCUT2D eigenvalue weighted by Gasteiger charge is -2.16. The van der Waals surface area contributed by atoms with Crippen LogP contribution in [0.1, 0.15) is 17.0 Å². The summed E-state index contributed by atoms with van der Waals surface area (Å²) in [6.07, 6.45) is 0. The van der Waals surface area contributed by atoms with Crippen molar-refractivity contribution in [3.05, 3.63) is 62.1 Å². The maximum Gasteiger partial charge on any atom is 0.231 e. The van der Waals surface area contributed by atoms with E-state index in [0.29, 0.717) is 17.1 Å². The molecule has 3 rings (SSSR count). The Morgan fingerprint density at radius 2 is 2.00 bits per heavy atom. The number of fused-ring (bicyclic) bond motifs is 1. The SMILES string of the molecule is O=[N+]([O-])CC(c1cccc(Br)c1)c1cc2c(cc1O)OCO2. The van der Waals surface area contributed by atoms with E-state index in [0.717, 1.165) is 10.0 Å². The molecular weight excluding hydrogens is 354 g/mol. The van der Waals surface area contributed by atoms with Gasteiger partial charge in [-0.3, -0.25) is 10.1 Å². The number of hydrogen-bond acceptors (Lipinski definition) is 5. The van der Waals surface area contributed by atoms with Crippen molar-refractivity contribution in [1.82, 2.24) is 0 Å². The van der Waals surface area contributed by atoms with E-state index in [1.165, 1.54) is 6.07 Å². The Morgan fingerprint density at radius 3 is 2.68 bits per heavy atom. The zero-order chi connectivity index (χ0) is 15.7. The smallest absolute Gasteiger partial charge is 0.231 e. The molecule has 0 saturated carbocycles. The van der Waals surface area contributed by atoms with Crippen LogP contribution in [0.15, 0.2) is 40.9 Å². The highest BCUT2D eigenvalue weighted by Gasteiger charge is 2.27. The molecule has 0 radical (unpaired) electrons. The largest absolute Gasteiger partial charge is 0.507 e. The lowest BCUT2D eigenvalue weighted by molar-refractivity contribution is -0.481. The third kappa shape index (κ3) is 2.85. The fourth-order valence-corrected chi connectivity index (χ4v) is 2.90. The number of nitro groups is 1. The summed E-state index contributed by atoms with van der Waals surface area (Å²) in [5, 5.41) is 21.3. The third-order valence-corrected chi connectivity index (χ3v) is 3.97. The van der Waals surface area contributed by atoms with Crippen LogP contribution in [0, 0.1) is 10.1 Å². The molecule has 6 nitrogen and oxygen atoms in total. The molecule has 1 atom stereocenters. The van der Waals surface area contributed by atoms with Gasteiger partial charge in [-0.05, 0) is 23.8 Å². The first-order valence-corrected chi connectivity index (χ1v) is 7.33. The Balaban J connectivity index is 2.08. The molecule has 2 aromatic carbocycles. The molecule has 114 valence electrons. The van der Waals surface area contributed by atoms with Gasteiger partial charge in [0.25, 0.3) is 0 Å². The lowest BCUT2D eigenvalue weighted by atomic mass is 9.90. The minimum atomic E-state index is -0.581. The molecule has 1 aliphatic rings. The lowest BCUT2D eigenvalue weighted by Crippen LogP contribution is -2.14. The van der Waals surface area contributed by atoms with Crippen molar-refractivity contribution < 1.29 is 19.5 Å². The van der Waals surface area contributed by atoms with Crippen LogP contribution in [0.25, 0.3) is 0 Å². The highest BCUT2D eigenvalue weighted by atomic mass is 79.9. The van der Waals surface area contributed by atoms with Crippen LogP contribution in [0.2, 0.25) is 0 Å². The number of nitrogens with zero attached hydrogens (tertiary/aromatic N) is 1. The third-order valence-electron chi connectivity index (χ3n) is 3.48. The number of rotatable bonds is 4. The van der Waals surface area contributed by atoms with E-state index in [2.05, 4.69) is 15.9 Å². The van der Waals surface area contributed by atoms with E-state index in [9.17, 15) is 15.2 Å². The molecule has 1 N–H and O–H groups in total. The minimum absolute atomic E-state index is 0.0453. The summed E-state index contributed by atoms with van der Waals surface area (Å²) in [6.45, 7) is -0.251. The number of aromatic hydroxyl groups is 1. The van der Waals surface area contributed by atoms with Gasteiger partial charge in [-0.15, -0.1) is 0 Å². The van der Waals surface area contributed by atoms with Crippen molar-refractivity contribution in [1.29, 1.82) is 0 Å². The number of phenolic OH excluding ortho intramolecular Hbond substituents is 1. The summed E-state index contributed by atoms with van der Waals surface area (Å²) in [7, 11) is 0. The normalized spacial score (nSPS) is 13.9. The van der Waals surface area contributed by atoms with Crippen LogP contribution in [0.5, 0.6) is 17.2 Å². The van der Waals surface area contributed by atoms with Crippen molar-refractivity contribution in [2.24, 2.45) is 0 Å². The fourth-order valence-electron chi connectivity index (χ4n) is 2.48. The number of hydrogen-bond donors (Lipinski definition) is 1. The average Bonchev–Trinajstić information content (AvgIpc) is 2.91. The van der Waals surface area contributed by atoms with Gasteiger partial charge < -0.3 is 14.6 Å². The molecule has 0 bridgehead atoms. The molecule has 2 aromatic rings. The minimum Gasteiger partial charge on any atom is -0.507 e. The van der Waals surface area contributed by atoms with Crippen LogP contribution in [-0.2, 0) is 0 Å². The van der Waals surface area contributed by atoms with Crippen LogP contribution < -0.4 is 9.47 Å². The fraction of sp³-hybridized carbons (Fsp3) is 0.200. The number of ether oxygens (including phenoxy) is 2. The highest BCUT2D eigenvalue weighted by Crippen LogP contribution is 2.42. The van der Waals surface area contributed by atoms with Gasteiger partial charge in [0.1, 0.15) is 5.75 Å². The molecule has 1 unspecified atom stereocenters. The average molecular weight is 366 g/mol. The summed E-state index contributed by atoms with van der Waals surface area (Å²) in [5.41, 5.74) is 1.18. The van der Waals surface area contributed by atoms with Crippen LogP contribution in [0.3, 0.4) is 0 Å². The van der Waals surface area contributed by atoms with Crippen LogP contribution in [0.4, 0.5) is 0 Å². The van der Waals surface area contributed by atoms with Crippen molar-refractivity contribution in [3.8, 4) is 17.2 Å². The van der Waals surface area contributed by atoms with E-state index in [4.69, 9.17) is 9.47 Å². The maximum absolute atomic E-state index is 11.0. The van der Waals surface area contributed by atoms with Gasteiger partial charge >= 0.3 is 0 Å². The molecule has 0 amide bonds. The van der Waals surface area contributed by atoms with Gasteiger partial charge in [0.15, 0.2) is 11.5 Å². The van der Waals surface area contributed by atoms with E-state index < -0.39 is 10.8 Å². The summed E-state index contributed by atoms with van der Waals surface area (Å²) >= 11 is 3.36. The number of phenols is 1. The number of benzene rings is 2. The monoisotopic (exact) mass is 365 g/mol. The standard InChI is InChI=1S/C15H12BrNO5/c16-10-3-1-2-9(4-10)12(7-17(19)20)11-5-14-15(6-13(11)18)22-8-21-14/h1-6,12,18H,7-8H2. The van der Waals surface area contributed by atoms with Crippen molar-refractivity contribution >= 4 is 15.9 Å². The quantitative estimate of drug-likeness (QED) is 0.663. The molecule has 0 fully saturated rings. The van der Waals surface area contributed by atoms with Crippen molar-refractivity contribution in [3.63, 3.8) is 0 Å². The molecule has 0 aromatic heterocycles. The van der Waals surface area contributed by atoms with Gasteiger partial charge in [0.2, 0.25) is 13.3 Å². The van der Waals surface area contributed by atoms with Crippen molar-refractivity contribution in [2.45, 2.75) is 5.92 Å². The molecular formula is C15H12BrNO5. The summed E-state index contributed by atoms with van der Waals surface area (Å²) in [4.78, 5) is 10.6. The van der Waals surface area contributed by atoms with E-state index in [1.54, 1.807) is 24.3 Å². The van der Waals surface area contributed by atoms with Crippen LogP contribution >= 0.6 is 15.9 Å². The molecule has 0 aliphatic carbocycles. The predicted octanol–water partition coefficient (Wildman–Crippen LogP) is 3.29. The van der Waals surface area contributed by atoms with E-state index >= 15 is 0 Å². The zero-order valence-corrected chi connectivity index (χ0v) is 12.9. The maximum atomic E-state index is 11.0. The number of halogens is 1. The topological polar surface area (TPSA) is 81.8 Å². The Hall–Kier alpha value is -2.28. The van der Waals surface area contributed by atoms with Gasteiger partial charge in [-0.25, -0.2) is 0 Å². The molecule has 0 saturated heterocycles. The molecule has 0 spiro atoms. The Bertz CT molecular complexity index is 734. The molecule has 1 heterocycles. The Morgan fingerprint density at radius 1 is 1.27 bits per heavy atom. The van der Waals surface area contributed by atoms with Gasteiger partial charge in [-0.1, -0.05) is 28.1 Å². The first kappa shape index (κ1) is 14.6. The first-order valence-electron chi connectivity index (χ1n) is 6.54. The van der Waals surface area contributed by atoms with Crippen LogP contribution in [-0.4, -0.2) is 23.4 Å². The molecule has 7 heteroatoms. The Labute approximate surface area is 134 Å². The molecule has 1 aliphatic heterocycles. The second-order valence-electron chi connectivity index (χ2n) is 4.89. The van der Waals surface area contributed by atoms with Gasteiger partial charge in [0, 0.05) is 21.0 Å². The molecule has 22 heavy (non-hydrogen) atoms. The first-order chi connectivity index (χ1) is 10.5. The highest BCUT2D eigenvalue weighted by molar-refractivity contribution is 9.10. The van der Waals surface area contributed by atoms with E-state index in [-0.39, 0.29) is 19.1 Å². The zero-order valence-electron chi connectivity index (χ0n) is 11.4. The van der Waals surface area contributed by atoms with Gasteiger partial charge in [0.05, 0.1) is 5.92 Å². The summed E-state index contributed by atoms with van der Waals surface area (Å²) in [5.74, 6) is 0.296.